The summed E-state index contributed by atoms with van der Waals surface area (Å²) in [5.41, 5.74) is 0.633. The second kappa shape index (κ2) is 8.56. The molecule has 1 amide bonds. The lowest BCUT2D eigenvalue weighted by Gasteiger charge is -2.21. The molecule has 0 heterocycles. The van der Waals surface area contributed by atoms with Crippen LogP contribution in [-0.2, 0) is 4.79 Å². The third kappa shape index (κ3) is 4.98. The highest BCUT2D eigenvalue weighted by atomic mass is 35.5. The minimum Gasteiger partial charge on any atom is -0.359 e. The van der Waals surface area contributed by atoms with Crippen molar-refractivity contribution >= 4 is 40.6 Å². The lowest BCUT2D eigenvalue weighted by molar-refractivity contribution is -0.123. The van der Waals surface area contributed by atoms with E-state index in [2.05, 4.69) is 10.6 Å². The van der Waals surface area contributed by atoms with E-state index >= 15 is 0 Å². The smallest absolute Gasteiger partial charge is 0.226 e. The van der Waals surface area contributed by atoms with E-state index in [1.54, 1.807) is 36.4 Å². The van der Waals surface area contributed by atoms with Crippen LogP contribution in [0.5, 0.6) is 0 Å². The first-order valence-corrected chi connectivity index (χ1v) is 9.90. The number of carbonyl (C=O) groups is 2. The minimum atomic E-state index is -1.01. The van der Waals surface area contributed by atoms with Crippen LogP contribution in [0.4, 0.5) is 10.1 Å². The number of benzene rings is 2. The fraction of sp³-hybridized carbons (Fsp3) is 0.273. The summed E-state index contributed by atoms with van der Waals surface area (Å²) in [5, 5.41) is 5.78. The molecular formula is C22H21Cl2FN2O2. The highest BCUT2D eigenvalue weighted by Crippen LogP contribution is 2.59. The maximum absolute atomic E-state index is 13.2. The van der Waals surface area contributed by atoms with Crippen molar-refractivity contribution in [1.82, 2.24) is 5.32 Å². The zero-order valence-corrected chi connectivity index (χ0v) is 17.5. The number of nitrogens with one attached hydrogen (secondary N) is 2. The van der Waals surface area contributed by atoms with Crippen LogP contribution in [0, 0.1) is 23.1 Å². The first-order chi connectivity index (χ1) is 13.7. The highest BCUT2D eigenvalue weighted by molar-refractivity contribution is 6.55. The van der Waals surface area contributed by atoms with E-state index in [4.69, 9.17) is 23.2 Å². The summed E-state index contributed by atoms with van der Waals surface area (Å²) < 4.78 is 13.3. The van der Waals surface area contributed by atoms with E-state index in [0.717, 1.165) is 0 Å². The normalized spacial score (nSPS) is 20.3. The van der Waals surface area contributed by atoms with Gasteiger partial charge in [-0.25, -0.2) is 4.39 Å². The molecule has 2 N–H and O–H groups in total. The molecule has 3 unspecified atom stereocenters. The molecule has 1 saturated carbocycles. The summed E-state index contributed by atoms with van der Waals surface area (Å²) in [7, 11) is 0. The van der Waals surface area contributed by atoms with Gasteiger partial charge in [0, 0.05) is 11.3 Å². The molecule has 1 fully saturated rings. The van der Waals surface area contributed by atoms with Gasteiger partial charge in [0.2, 0.25) is 11.7 Å². The Bertz CT molecular complexity index is 926. The fourth-order valence-electron chi connectivity index (χ4n) is 3.51. The molecule has 3 rings (SSSR count). The van der Waals surface area contributed by atoms with Gasteiger partial charge >= 0.3 is 0 Å². The van der Waals surface area contributed by atoms with E-state index in [-0.39, 0.29) is 33.4 Å². The molecule has 0 aromatic heterocycles. The molecule has 0 radical (unpaired) electrons. The number of ketones is 1. The van der Waals surface area contributed by atoms with Gasteiger partial charge in [-0.15, -0.1) is 0 Å². The molecule has 0 bridgehead atoms. The summed E-state index contributed by atoms with van der Waals surface area (Å²) in [4.78, 5) is 25.9. The fourth-order valence-corrected chi connectivity index (χ4v) is 3.78. The average Bonchev–Trinajstić information content (AvgIpc) is 3.22. The standard InChI is InChI=1S/C22H21Cl2FN2O2/c1-22(2)16(12-17(23)24)18(22)21(29)27-20(19(28)13-6-4-3-5-7-13)26-15-10-8-14(25)9-11-15/h3-12,16,18,20,26H,1-2H3,(H,27,29). The van der Waals surface area contributed by atoms with Gasteiger partial charge in [-0.3, -0.25) is 9.59 Å². The minimum absolute atomic E-state index is 0.111. The third-order valence-corrected chi connectivity index (χ3v) is 5.51. The van der Waals surface area contributed by atoms with E-state index < -0.39 is 12.0 Å². The molecular weight excluding hydrogens is 414 g/mol. The van der Waals surface area contributed by atoms with Crippen molar-refractivity contribution in [1.29, 1.82) is 0 Å². The first kappa shape index (κ1) is 21.3. The largest absolute Gasteiger partial charge is 0.359 e. The van der Waals surface area contributed by atoms with Gasteiger partial charge in [-0.1, -0.05) is 67.4 Å². The van der Waals surface area contributed by atoms with Crippen molar-refractivity contribution in [3.05, 3.63) is 76.5 Å². The monoisotopic (exact) mass is 434 g/mol. The predicted molar refractivity (Wildman–Crippen MR) is 113 cm³/mol. The molecule has 7 heteroatoms. The quantitative estimate of drug-likeness (QED) is 0.467. The maximum Gasteiger partial charge on any atom is 0.226 e. The molecule has 0 spiro atoms. The molecule has 2 aromatic rings. The number of hydrogen-bond acceptors (Lipinski definition) is 3. The summed E-state index contributed by atoms with van der Waals surface area (Å²) >= 11 is 11.5. The Morgan fingerprint density at radius 2 is 1.69 bits per heavy atom. The molecule has 3 atom stereocenters. The number of amides is 1. The van der Waals surface area contributed by atoms with Crippen LogP contribution in [0.3, 0.4) is 0 Å². The number of allylic oxidation sites excluding steroid dienone is 1. The van der Waals surface area contributed by atoms with E-state index in [1.165, 1.54) is 24.3 Å². The Morgan fingerprint density at radius 3 is 2.28 bits per heavy atom. The summed E-state index contributed by atoms with van der Waals surface area (Å²) in [6.07, 6.45) is 0.636. The number of Topliss-reactive ketones (excluding diaryl/α,β-unsaturated/α-hetero) is 1. The molecule has 1 aliphatic carbocycles. The van der Waals surface area contributed by atoms with Crippen LogP contribution >= 0.6 is 23.2 Å². The van der Waals surface area contributed by atoms with Crippen molar-refractivity contribution in [3.63, 3.8) is 0 Å². The lowest BCUT2D eigenvalue weighted by Crippen LogP contribution is -2.47. The van der Waals surface area contributed by atoms with Crippen molar-refractivity contribution in [2.45, 2.75) is 20.0 Å². The number of anilines is 1. The van der Waals surface area contributed by atoms with Gasteiger partial charge in [0.15, 0.2) is 6.17 Å². The van der Waals surface area contributed by atoms with E-state index in [9.17, 15) is 14.0 Å². The Balaban J connectivity index is 1.81. The second-order valence-corrected chi connectivity index (χ2v) is 8.61. The molecule has 2 aromatic carbocycles. The second-order valence-electron chi connectivity index (χ2n) is 7.60. The van der Waals surface area contributed by atoms with Crippen LogP contribution < -0.4 is 10.6 Å². The molecule has 1 aliphatic rings. The third-order valence-electron chi connectivity index (χ3n) is 5.26. The Morgan fingerprint density at radius 1 is 1.07 bits per heavy atom. The summed E-state index contributed by atoms with van der Waals surface area (Å²) in [6, 6.07) is 14.2. The van der Waals surface area contributed by atoms with Gasteiger partial charge in [0.05, 0.1) is 5.92 Å². The van der Waals surface area contributed by atoms with Crippen molar-refractivity contribution in [2.75, 3.05) is 5.32 Å². The number of rotatable bonds is 7. The summed E-state index contributed by atoms with van der Waals surface area (Å²) in [6.45, 7) is 3.88. The molecule has 4 nitrogen and oxygen atoms in total. The zero-order chi connectivity index (χ0) is 21.2. The number of hydrogen-bond donors (Lipinski definition) is 2. The van der Waals surface area contributed by atoms with E-state index in [1.807, 2.05) is 13.8 Å². The predicted octanol–water partition coefficient (Wildman–Crippen LogP) is 5.15. The Hall–Kier alpha value is -2.37. The SMILES string of the molecule is CC1(C)C(C=C(Cl)Cl)C1C(=O)NC(Nc1ccc(F)cc1)C(=O)c1ccccc1. The molecule has 152 valence electrons. The van der Waals surface area contributed by atoms with Crippen LogP contribution in [0.1, 0.15) is 24.2 Å². The van der Waals surface area contributed by atoms with Crippen molar-refractivity contribution < 1.29 is 14.0 Å². The van der Waals surface area contributed by atoms with Gasteiger partial charge in [-0.2, -0.15) is 0 Å². The van der Waals surface area contributed by atoms with Crippen molar-refractivity contribution in [3.8, 4) is 0 Å². The van der Waals surface area contributed by atoms with E-state index in [0.29, 0.717) is 11.3 Å². The van der Waals surface area contributed by atoms with Crippen LogP contribution in [0.2, 0.25) is 0 Å². The van der Waals surface area contributed by atoms with Crippen LogP contribution in [0.15, 0.2) is 65.2 Å². The van der Waals surface area contributed by atoms with Crippen LogP contribution in [0.25, 0.3) is 0 Å². The van der Waals surface area contributed by atoms with Gasteiger partial charge in [-0.05, 0) is 41.7 Å². The topological polar surface area (TPSA) is 58.2 Å². The zero-order valence-electron chi connectivity index (χ0n) is 16.0. The Labute approximate surface area is 179 Å². The average molecular weight is 435 g/mol. The first-order valence-electron chi connectivity index (χ1n) is 9.14. The highest BCUT2D eigenvalue weighted by Gasteiger charge is 2.60. The van der Waals surface area contributed by atoms with Gasteiger partial charge in [0.25, 0.3) is 0 Å². The van der Waals surface area contributed by atoms with Crippen LogP contribution in [-0.4, -0.2) is 17.9 Å². The molecule has 0 saturated heterocycles. The Kier molecular flexibility index (Phi) is 6.30. The lowest BCUT2D eigenvalue weighted by atomic mass is 10.1. The van der Waals surface area contributed by atoms with Gasteiger partial charge in [0.1, 0.15) is 10.3 Å². The molecule has 0 aliphatic heterocycles. The maximum atomic E-state index is 13.2. The number of halogens is 3. The molecule has 29 heavy (non-hydrogen) atoms. The van der Waals surface area contributed by atoms with Gasteiger partial charge < -0.3 is 10.6 Å². The van der Waals surface area contributed by atoms with Crippen molar-refractivity contribution in [2.24, 2.45) is 17.3 Å². The summed E-state index contributed by atoms with van der Waals surface area (Å²) in [5.74, 6) is -1.46. The number of carbonyl (C=O) groups excluding carboxylic acids is 2.